The molecule has 122 valence electrons. The number of esters is 1. The van der Waals surface area contributed by atoms with E-state index in [-0.39, 0.29) is 11.9 Å². The van der Waals surface area contributed by atoms with Crippen molar-refractivity contribution in [2.45, 2.75) is 32.6 Å². The minimum Gasteiger partial charge on any atom is -0.462 e. The number of benzene rings is 1. The lowest BCUT2D eigenvalue weighted by Crippen LogP contribution is -2.12. The molecule has 6 heteroatoms. The number of unbranched alkanes of at least 4 members (excludes halogenated alkanes) is 1. The predicted molar refractivity (Wildman–Crippen MR) is 85.1 cm³/mol. The molecule has 2 aromatic rings. The third-order valence-electron chi connectivity index (χ3n) is 3.22. The fourth-order valence-electron chi connectivity index (χ4n) is 1.91. The smallest absolute Gasteiger partial charge is 0.338 e. The number of ether oxygens (including phenoxy) is 1. The fourth-order valence-corrected chi connectivity index (χ4v) is 1.91. The third kappa shape index (κ3) is 5.58. The van der Waals surface area contributed by atoms with Gasteiger partial charge in [0.2, 0.25) is 5.91 Å². The Morgan fingerprint density at radius 3 is 2.70 bits per heavy atom. The Kier molecular flexibility index (Phi) is 6.35. The van der Waals surface area contributed by atoms with Crippen LogP contribution in [0, 0.1) is 0 Å². The Bertz CT molecular complexity index is 621. The standard InChI is InChI=1S/C17H20N2O4/c1-2-3-10-22-17(21)13-4-6-14(7-5-13)19-16(20)9-8-15-11-18-12-23-15/h4-7,11-12H,2-3,8-10H2,1H3,(H,19,20). The molecule has 23 heavy (non-hydrogen) atoms. The summed E-state index contributed by atoms with van der Waals surface area (Å²) in [5, 5.41) is 2.77. The van der Waals surface area contributed by atoms with Gasteiger partial charge in [0.05, 0.1) is 18.4 Å². The van der Waals surface area contributed by atoms with Crippen LogP contribution in [0.25, 0.3) is 0 Å². The van der Waals surface area contributed by atoms with Crippen LogP contribution in [0.5, 0.6) is 0 Å². The largest absolute Gasteiger partial charge is 0.462 e. The second-order valence-corrected chi connectivity index (χ2v) is 5.08. The molecular weight excluding hydrogens is 296 g/mol. The van der Waals surface area contributed by atoms with Gasteiger partial charge in [-0.05, 0) is 30.7 Å². The number of nitrogens with one attached hydrogen (secondary N) is 1. The quantitative estimate of drug-likeness (QED) is 0.597. The van der Waals surface area contributed by atoms with Crippen molar-refractivity contribution in [3.63, 3.8) is 0 Å². The van der Waals surface area contributed by atoms with Crippen molar-refractivity contribution < 1.29 is 18.7 Å². The van der Waals surface area contributed by atoms with Gasteiger partial charge in [-0.15, -0.1) is 0 Å². The number of oxazole rings is 1. The minimum atomic E-state index is -0.346. The van der Waals surface area contributed by atoms with E-state index in [0.717, 1.165) is 12.8 Å². The molecule has 0 atom stereocenters. The second-order valence-electron chi connectivity index (χ2n) is 5.08. The number of rotatable bonds is 8. The molecule has 1 aromatic heterocycles. The third-order valence-corrected chi connectivity index (χ3v) is 3.22. The second kappa shape index (κ2) is 8.73. The summed E-state index contributed by atoms with van der Waals surface area (Å²) in [6.45, 7) is 2.46. The Labute approximate surface area is 134 Å². The van der Waals surface area contributed by atoms with E-state index < -0.39 is 0 Å². The minimum absolute atomic E-state index is 0.125. The zero-order chi connectivity index (χ0) is 16.5. The van der Waals surface area contributed by atoms with E-state index in [9.17, 15) is 9.59 Å². The van der Waals surface area contributed by atoms with Gasteiger partial charge < -0.3 is 14.5 Å². The molecule has 0 aliphatic heterocycles. The molecule has 0 radical (unpaired) electrons. The molecule has 0 saturated carbocycles. The number of anilines is 1. The summed E-state index contributed by atoms with van der Waals surface area (Å²) in [7, 11) is 0. The summed E-state index contributed by atoms with van der Waals surface area (Å²) in [6.07, 6.45) is 5.55. The van der Waals surface area contributed by atoms with Gasteiger partial charge in [0.15, 0.2) is 6.39 Å². The van der Waals surface area contributed by atoms with Gasteiger partial charge in [-0.25, -0.2) is 9.78 Å². The van der Waals surface area contributed by atoms with Crippen molar-refractivity contribution in [3.05, 3.63) is 48.2 Å². The predicted octanol–water partition coefficient (Wildman–Crippen LogP) is 3.20. The summed E-state index contributed by atoms with van der Waals surface area (Å²) >= 11 is 0. The highest BCUT2D eigenvalue weighted by Crippen LogP contribution is 2.12. The first-order valence-corrected chi connectivity index (χ1v) is 7.63. The van der Waals surface area contributed by atoms with E-state index >= 15 is 0 Å². The number of aromatic nitrogens is 1. The molecular formula is C17H20N2O4. The van der Waals surface area contributed by atoms with E-state index in [1.54, 1.807) is 30.5 Å². The van der Waals surface area contributed by atoms with Gasteiger partial charge in [-0.3, -0.25) is 4.79 Å². The normalized spacial score (nSPS) is 10.3. The van der Waals surface area contributed by atoms with Gasteiger partial charge >= 0.3 is 5.97 Å². The Morgan fingerprint density at radius 1 is 1.26 bits per heavy atom. The van der Waals surface area contributed by atoms with Gasteiger partial charge in [0.25, 0.3) is 0 Å². The summed E-state index contributed by atoms with van der Waals surface area (Å²) in [4.78, 5) is 27.4. The average molecular weight is 316 g/mol. The fraction of sp³-hybridized carbons (Fsp3) is 0.353. The summed E-state index contributed by atoms with van der Waals surface area (Å²) in [6, 6.07) is 6.65. The molecule has 0 bridgehead atoms. The summed E-state index contributed by atoms with van der Waals surface area (Å²) in [5.41, 5.74) is 1.11. The molecule has 0 aliphatic rings. The number of hydrogen-bond donors (Lipinski definition) is 1. The molecule has 2 rings (SSSR count). The van der Waals surface area contributed by atoms with Crippen LogP contribution in [-0.2, 0) is 16.0 Å². The van der Waals surface area contributed by atoms with Crippen LogP contribution in [0.15, 0.2) is 41.3 Å². The van der Waals surface area contributed by atoms with E-state index in [1.807, 2.05) is 6.92 Å². The molecule has 1 heterocycles. The number of carbonyl (C=O) groups is 2. The van der Waals surface area contributed by atoms with Gasteiger partial charge in [-0.2, -0.15) is 0 Å². The first-order chi connectivity index (χ1) is 11.2. The van der Waals surface area contributed by atoms with Gasteiger partial charge in [0, 0.05) is 18.5 Å². The zero-order valence-electron chi connectivity index (χ0n) is 13.1. The van der Waals surface area contributed by atoms with Crippen molar-refractivity contribution >= 4 is 17.6 Å². The van der Waals surface area contributed by atoms with Gasteiger partial charge in [0.1, 0.15) is 5.76 Å². The first-order valence-electron chi connectivity index (χ1n) is 7.63. The maximum atomic E-state index is 11.8. The van der Waals surface area contributed by atoms with Crippen LogP contribution in [-0.4, -0.2) is 23.5 Å². The van der Waals surface area contributed by atoms with Crippen LogP contribution in [0.3, 0.4) is 0 Å². The number of nitrogens with zero attached hydrogens (tertiary/aromatic N) is 1. The van der Waals surface area contributed by atoms with Crippen LogP contribution in [0.1, 0.15) is 42.3 Å². The molecule has 0 fully saturated rings. The zero-order valence-corrected chi connectivity index (χ0v) is 13.1. The summed E-state index contributed by atoms with van der Waals surface area (Å²) in [5.74, 6) is 0.201. The van der Waals surface area contributed by atoms with Crippen LogP contribution < -0.4 is 5.32 Å². The first kappa shape index (κ1) is 16.7. The van der Waals surface area contributed by atoms with Crippen LogP contribution >= 0.6 is 0 Å². The van der Waals surface area contributed by atoms with Crippen molar-refractivity contribution in [1.29, 1.82) is 0 Å². The molecule has 1 N–H and O–H groups in total. The van der Waals surface area contributed by atoms with Crippen molar-refractivity contribution in [2.24, 2.45) is 0 Å². The van der Waals surface area contributed by atoms with E-state index in [4.69, 9.17) is 9.15 Å². The van der Waals surface area contributed by atoms with Crippen molar-refractivity contribution in [3.8, 4) is 0 Å². The maximum absolute atomic E-state index is 11.8. The number of hydrogen-bond acceptors (Lipinski definition) is 5. The molecule has 0 spiro atoms. The van der Waals surface area contributed by atoms with Gasteiger partial charge in [-0.1, -0.05) is 13.3 Å². The molecule has 0 unspecified atom stereocenters. The van der Waals surface area contributed by atoms with Crippen LogP contribution in [0.2, 0.25) is 0 Å². The molecule has 1 aromatic carbocycles. The highest BCUT2D eigenvalue weighted by atomic mass is 16.5. The monoisotopic (exact) mass is 316 g/mol. The van der Waals surface area contributed by atoms with E-state index in [1.165, 1.54) is 6.39 Å². The lowest BCUT2D eigenvalue weighted by Gasteiger charge is -2.06. The highest BCUT2D eigenvalue weighted by molar-refractivity contribution is 5.93. The maximum Gasteiger partial charge on any atom is 0.338 e. The molecule has 1 amide bonds. The summed E-state index contributed by atoms with van der Waals surface area (Å²) < 4.78 is 10.2. The average Bonchev–Trinajstić information content (AvgIpc) is 3.07. The highest BCUT2D eigenvalue weighted by Gasteiger charge is 2.08. The SMILES string of the molecule is CCCCOC(=O)c1ccc(NC(=O)CCc2cnco2)cc1. The lowest BCUT2D eigenvalue weighted by atomic mass is 10.2. The molecule has 0 aliphatic carbocycles. The molecule has 0 saturated heterocycles. The van der Waals surface area contributed by atoms with Crippen molar-refractivity contribution in [1.82, 2.24) is 4.98 Å². The topological polar surface area (TPSA) is 81.4 Å². The Balaban J connectivity index is 1.79. The Hall–Kier alpha value is -2.63. The van der Waals surface area contributed by atoms with Crippen molar-refractivity contribution in [2.75, 3.05) is 11.9 Å². The lowest BCUT2D eigenvalue weighted by molar-refractivity contribution is -0.116. The van der Waals surface area contributed by atoms with E-state index in [2.05, 4.69) is 10.3 Å². The van der Waals surface area contributed by atoms with Crippen LogP contribution in [0.4, 0.5) is 5.69 Å². The number of aryl methyl sites for hydroxylation is 1. The number of amides is 1. The van der Waals surface area contributed by atoms with E-state index in [0.29, 0.717) is 36.5 Å². The number of carbonyl (C=O) groups excluding carboxylic acids is 2. The molecule has 6 nitrogen and oxygen atoms in total. The Morgan fingerprint density at radius 2 is 2.04 bits per heavy atom.